The number of phenolic OH excluding ortho intramolecular Hbond substituents is 1. The molecule has 8 amide bonds. The van der Waals surface area contributed by atoms with Crippen molar-refractivity contribution in [2.45, 2.75) is 161 Å². The van der Waals surface area contributed by atoms with Gasteiger partial charge in [-0.15, -0.1) is 0 Å². The fraction of sp³-hybridized carbons (Fsp3) is 0.674. The lowest BCUT2D eigenvalue weighted by molar-refractivity contribution is -0.168. The Morgan fingerprint density at radius 2 is 1.53 bits per heavy atom. The zero-order valence-electron chi connectivity index (χ0n) is 39.6. The molecule has 2 bridgehead atoms. The summed E-state index contributed by atoms with van der Waals surface area (Å²) in [6, 6.07) is -3.48. The number of amides is 8. The van der Waals surface area contributed by atoms with Crippen LogP contribution >= 0.6 is 0 Å². The summed E-state index contributed by atoms with van der Waals surface area (Å²) >= 11 is 0. The van der Waals surface area contributed by atoms with Gasteiger partial charge in [-0.3, -0.25) is 38.4 Å². The van der Waals surface area contributed by atoms with E-state index in [1.165, 1.54) is 31.0 Å². The highest BCUT2D eigenvalue weighted by atomic mass is 16.5. The molecule has 3 aliphatic heterocycles. The van der Waals surface area contributed by atoms with Crippen molar-refractivity contribution in [1.82, 2.24) is 36.0 Å². The number of aromatic hydroxyl groups is 1. The number of benzene rings is 1. The lowest BCUT2D eigenvalue weighted by Gasteiger charge is -2.44. The predicted molar refractivity (Wildman–Crippen MR) is 239 cm³/mol. The van der Waals surface area contributed by atoms with Gasteiger partial charge in [-0.05, 0) is 61.1 Å². The third-order valence-electron chi connectivity index (χ3n) is 13.1. The molecule has 66 heavy (non-hydrogen) atoms. The summed E-state index contributed by atoms with van der Waals surface area (Å²) in [5, 5.41) is 32.3. The van der Waals surface area contributed by atoms with E-state index in [-0.39, 0.29) is 56.7 Å². The molecule has 0 unspecified atom stereocenters. The normalized spacial score (nSPS) is 28.4. The molecule has 366 valence electrons. The van der Waals surface area contributed by atoms with Crippen molar-refractivity contribution >= 4 is 53.2 Å². The standard InChI is InChI=1S/C46H70N8O12/c1-10-24(5)36-46(65)66-39-26(7)22-53(43(62)30(48-27(8)55)16-18-34(47)57)38(39)42(61)50-32(20-23(3)4)40(59)49-31-17-19-35(58)54(44(31)63)37(25(6)11-2)45(64)52(9)33(41(60)51-36)21-28-12-14-29(56)15-13-28/h12-15,23-26,30-33,35-39,56,58H,10-11,16-22H2,1-9H3,(H2,47,57)(H,48,55)(H,49,59)(H,50,61)(H,51,60)/t24-,25+,26-,30+,31+,32+,33+,35-,36-,37+,38-,39+/m1/s1. The van der Waals surface area contributed by atoms with Gasteiger partial charge in [-0.25, -0.2) is 4.79 Å². The van der Waals surface area contributed by atoms with Crippen molar-refractivity contribution in [3.05, 3.63) is 29.8 Å². The number of ether oxygens (including phenoxy) is 1. The van der Waals surface area contributed by atoms with Crippen LogP contribution in [-0.2, 0) is 54.3 Å². The minimum absolute atomic E-state index is 0.0129. The Morgan fingerprint density at radius 1 is 0.894 bits per heavy atom. The summed E-state index contributed by atoms with van der Waals surface area (Å²) in [6.07, 6.45) is -2.68. The number of aliphatic hydroxyl groups excluding tert-OH is 1. The van der Waals surface area contributed by atoms with Crippen LogP contribution in [0.3, 0.4) is 0 Å². The lowest BCUT2D eigenvalue weighted by Crippen LogP contribution is -2.66. The van der Waals surface area contributed by atoms with Crippen LogP contribution < -0.4 is 27.0 Å². The summed E-state index contributed by atoms with van der Waals surface area (Å²) in [6.45, 7) is 13.3. The van der Waals surface area contributed by atoms with Gasteiger partial charge in [0.25, 0.3) is 0 Å². The van der Waals surface area contributed by atoms with E-state index in [4.69, 9.17) is 10.5 Å². The lowest BCUT2D eigenvalue weighted by atomic mass is 9.91. The topological polar surface area (TPSA) is 287 Å². The maximum absolute atomic E-state index is 14.9. The average molecular weight is 927 g/mol. The number of aliphatic hydroxyl groups is 1. The summed E-state index contributed by atoms with van der Waals surface area (Å²) in [7, 11) is 1.39. The number of esters is 1. The van der Waals surface area contributed by atoms with Crippen molar-refractivity contribution in [3.63, 3.8) is 0 Å². The maximum Gasteiger partial charge on any atom is 0.329 e. The SMILES string of the molecule is CC[C@@H](C)[C@H]1NC(=O)[C@H](Cc2ccc(O)cc2)N(C)C(=O)[C@H]([C@@H](C)CC)N2C(=O)[C@H](CC[C@H]2O)NC(=O)[C@H](CC(C)C)NC(=O)[C@H]2[C@@H](OC1=O)[C@H](C)CN2C(=O)[C@H](CCC(N)=O)NC(C)=O. The highest BCUT2D eigenvalue weighted by molar-refractivity contribution is 5.98. The van der Waals surface area contributed by atoms with Crippen LogP contribution in [0.1, 0.15) is 106 Å². The van der Waals surface area contributed by atoms with Crippen molar-refractivity contribution < 1.29 is 58.1 Å². The monoisotopic (exact) mass is 927 g/mol. The van der Waals surface area contributed by atoms with E-state index in [9.17, 15) is 53.4 Å². The number of carbonyl (C=O) groups excluding carboxylic acids is 9. The average Bonchev–Trinajstić information content (AvgIpc) is 3.58. The van der Waals surface area contributed by atoms with Crippen LogP contribution in [0.2, 0.25) is 0 Å². The third kappa shape index (κ3) is 12.8. The molecule has 1 aromatic carbocycles. The number of rotatable bonds is 13. The molecule has 3 aliphatic rings. The number of hydrogen-bond acceptors (Lipinski definition) is 12. The van der Waals surface area contributed by atoms with E-state index in [0.29, 0.717) is 18.4 Å². The Labute approximate surface area is 386 Å². The molecular formula is C46H70N8O12. The Kier molecular flexibility index (Phi) is 18.5. The number of likely N-dealkylation sites (N-methyl/N-ethyl adjacent to an activating group) is 1. The van der Waals surface area contributed by atoms with Gasteiger partial charge in [-0.2, -0.15) is 0 Å². The molecule has 0 spiro atoms. The molecule has 0 aromatic heterocycles. The number of nitrogens with one attached hydrogen (secondary N) is 4. The summed E-state index contributed by atoms with van der Waals surface area (Å²) in [5.41, 5.74) is 5.93. The molecule has 3 fully saturated rings. The number of likely N-dealkylation sites (tertiary alicyclic amines) is 1. The number of fused-ring (bicyclic) bond motifs is 3. The Bertz CT molecular complexity index is 1960. The van der Waals surface area contributed by atoms with Gasteiger partial charge in [0.1, 0.15) is 60.4 Å². The van der Waals surface area contributed by atoms with Gasteiger partial charge in [0.15, 0.2) is 0 Å². The summed E-state index contributed by atoms with van der Waals surface area (Å²) < 4.78 is 6.19. The van der Waals surface area contributed by atoms with Gasteiger partial charge < -0.3 is 56.7 Å². The molecule has 3 heterocycles. The molecule has 12 atom stereocenters. The van der Waals surface area contributed by atoms with E-state index in [0.717, 1.165) is 9.80 Å². The minimum Gasteiger partial charge on any atom is -0.508 e. The number of nitrogens with zero attached hydrogens (tertiary/aromatic N) is 3. The Balaban J connectivity index is 1.93. The van der Waals surface area contributed by atoms with E-state index in [2.05, 4.69) is 21.3 Å². The first-order valence-corrected chi connectivity index (χ1v) is 23.0. The van der Waals surface area contributed by atoms with Crippen molar-refractivity contribution in [1.29, 1.82) is 0 Å². The molecule has 0 aliphatic carbocycles. The van der Waals surface area contributed by atoms with Gasteiger partial charge in [0, 0.05) is 39.3 Å². The fourth-order valence-corrected chi connectivity index (χ4v) is 8.91. The van der Waals surface area contributed by atoms with E-state index < -0.39 is 126 Å². The van der Waals surface area contributed by atoms with Crippen LogP contribution in [0.4, 0.5) is 0 Å². The molecule has 20 nitrogen and oxygen atoms in total. The van der Waals surface area contributed by atoms with Crippen molar-refractivity contribution in [3.8, 4) is 5.75 Å². The largest absolute Gasteiger partial charge is 0.508 e. The van der Waals surface area contributed by atoms with E-state index in [1.54, 1.807) is 46.8 Å². The van der Waals surface area contributed by atoms with Gasteiger partial charge in [0.2, 0.25) is 47.3 Å². The molecule has 1 aromatic rings. The highest BCUT2D eigenvalue weighted by Crippen LogP contribution is 2.31. The van der Waals surface area contributed by atoms with Crippen LogP contribution in [0, 0.1) is 23.7 Å². The molecule has 4 rings (SSSR count). The summed E-state index contributed by atoms with van der Waals surface area (Å²) in [5.74, 6) is -9.06. The van der Waals surface area contributed by atoms with Gasteiger partial charge in [-0.1, -0.05) is 73.4 Å². The van der Waals surface area contributed by atoms with Crippen LogP contribution in [0.25, 0.3) is 0 Å². The highest BCUT2D eigenvalue weighted by Gasteiger charge is 2.52. The number of hydrogen-bond donors (Lipinski definition) is 7. The van der Waals surface area contributed by atoms with E-state index in [1.807, 2.05) is 13.8 Å². The van der Waals surface area contributed by atoms with Crippen LogP contribution in [0.15, 0.2) is 24.3 Å². The van der Waals surface area contributed by atoms with Gasteiger partial charge in [0.05, 0.1) is 0 Å². The smallest absolute Gasteiger partial charge is 0.329 e. The molecule has 8 N–H and O–H groups in total. The van der Waals surface area contributed by atoms with Crippen LogP contribution in [0.5, 0.6) is 5.75 Å². The molecule has 3 saturated heterocycles. The number of primary amides is 1. The predicted octanol–water partition coefficient (Wildman–Crippen LogP) is 0.206. The Hall–Kier alpha value is -5.79. The van der Waals surface area contributed by atoms with Crippen molar-refractivity contribution in [2.75, 3.05) is 13.6 Å². The summed E-state index contributed by atoms with van der Waals surface area (Å²) in [4.78, 5) is 130. The third-order valence-corrected chi connectivity index (χ3v) is 13.1. The first-order valence-electron chi connectivity index (χ1n) is 23.0. The fourth-order valence-electron chi connectivity index (χ4n) is 8.91. The number of nitrogens with two attached hydrogens (primary N) is 1. The molecule has 0 radical (unpaired) electrons. The second-order valence-electron chi connectivity index (χ2n) is 18.7. The first-order chi connectivity index (χ1) is 31.0. The zero-order valence-corrected chi connectivity index (χ0v) is 39.6. The molecular weight excluding hydrogens is 857 g/mol. The second kappa shape index (κ2) is 23.1. The quantitative estimate of drug-likeness (QED) is 0.131. The molecule has 0 saturated carbocycles. The van der Waals surface area contributed by atoms with E-state index >= 15 is 0 Å². The van der Waals surface area contributed by atoms with Crippen LogP contribution in [-0.4, -0.2) is 146 Å². The minimum atomic E-state index is -1.59. The van der Waals surface area contributed by atoms with Gasteiger partial charge >= 0.3 is 5.97 Å². The number of phenols is 1. The maximum atomic E-state index is 14.9. The second-order valence-corrected chi connectivity index (χ2v) is 18.7. The molecule has 20 heteroatoms. The number of carbonyl (C=O) groups is 9. The number of piperidine rings is 1. The van der Waals surface area contributed by atoms with Crippen molar-refractivity contribution in [2.24, 2.45) is 29.4 Å². The Morgan fingerprint density at radius 3 is 2.11 bits per heavy atom. The zero-order chi connectivity index (χ0) is 49.3. The first kappa shape index (κ1) is 52.8.